The van der Waals surface area contributed by atoms with E-state index in [1.165, 1.54) is 11.3 Å². The second-order valence-corrected chi connectivity index (χ2v) is 6.18. The Morgan fingerprint density at radius 1 is 1.47 bits per heavy atom. The van der Waals surface area contributed by atoms with Gasteiger partial charge in [0.15, 0.2) is 17.6 Å². The van der Waals surface area contributed by atoms with Gasteiger partial charge in [0, 0.05) is 17.4 Å². The van der Waals surface area contributed by atoms with E-state index in [1.807, 2.05) is 10.8 Å². The number of fused-ring (bicyclic) bond motifs is 1. The van der Waals surface area contributed by atoms with E-state index in [9.17, 15) is 8.42 Å². The summed E-state index contributed by atoms with van der Waals surface area (Å²) in [6, 6.07) is 0. The van der Waals surface area contributed by atoms with Crippen LogP contribution in [0.5, 0.6) is 11.5 Å². The summed E-state index contributed by atoms with van der Waals surface area (Å²) in [5.74, 6) is 1.18. The molecule has 1 aromatic heterocycles. The molecule has 1 N–H and O–H groups in total. The number of ether oxygens (including phenoxy) is 3. The van der Waals surface area contributed by atoms with Crippen LogP contribution in [0.1, 0.15) is 7.85 Å². The van der Waals surface area contributed by atoms with Gasteiger partial charge in [0.1, 0.15) is 6.61 Å². The second-order valence-electron chi connectivity index (χ2n) is 3.87. The largest absolute Gasteiger partial charge is 1.00 e. The summed E-state index contributed by atoms with van der Waals surface area (Å²) in [4.78, 5) is 0. The van der Waals surface area contributed by atoms with Crippen molar-refractivity contribution in [1.82, 2.24) is 0 Å². The van der Waals surface area contributed by atoms with Gasteiger partial charge in [-0.25, -0.2) is 0 Å². The van der Waals surface area contributed by atoms with Crippen molar-refractivity contribution in [3.05, 3.63) is 10.8 Å². The molecule has 0 spiro atoms. The Kier molecular flexibility index (Phi) is 7.09. The van der Waals surface area contributed by atoms with Crippen molar-refractivity contribution in [2.45, 2.75) is 12.5 Å². The van der Waals surface area contributed by atoms with Crippen molar-refractivity contribution in [1.29, 1.82) is 0 Å². The second kappa shape index (κ2) is 7.82. The third kappa shape index (κ3) is 5.99. The zero-order valence-electron chi connectivity index (χ0n) is 11.6. The van der Waals surface area contributed by atoms with E-state index in [0.29, 0.717) is 13.2 Å². The summed E-state index contributed by atoms with van der Waals surface area (Å²) in [5.41, 5.74) is 0. The topological polar surface area (TPSA) is 82.1 Å². The summed E-state index contributed by atoms with van der Waals surface area (Å²) in [7, 11) is -3.90. The Morgan fingerprint density at radius 3 is 2.95 bits per heavy atom. The number of rotatable bonds is 6. The predicted octanol–water partition coefficient (Wildman–Crippen LogP) is -1.70. The van der Waals surface area contributed by atoms with Gasteiger partial charge in [-0.1, -0.05) is 0 Å². The van der Waals surface area contributed by atoms with Gasteiger partial charge >= 0.3 is 29.6 Å². The number of thiophene rings is 1. The minimum Gasteiger partial charge on any atom is -1.00 e. The summed E-state index contributed by atoms with van der Waals surface area (Å²) >= 11 is 1.51. The van der Waals surface area contributed by atoms with E-state index in [4.69, 9.17) is 18.8 Å². The molecule has 0 radical (unpaired) electrons. The van der Waals surface area contributed by atoms with E-state index in [1.54, 1.807) is 0 Å². The van der Waals surface area contributed by atoms with Crippen LogP contribution in [0.2, 0.25) is 0 Å². The molecule has 1 aliphatic heterocycles. The van der Waals surface area contributed by atoms with Crippen LogP contribution < -0.4 is 39.0 Å². The molecule has 0 bridgehead atoms. The van der Waals surface area contributed by atoms with Crippen molar-refractivity contribution < 1.29 is 58.2 Å². The van der Waals surface area contributed by atoms with Crippen LogP contribution in [0.15, 0.2) is 10.8 Å². The van der Waals surface area contributed by atoms with Crippen LogP contribution in [-0.2, 0) is 14.9 Å². The van der Waals surface area contributed by atoms with Crippen LogP contribution in [0, 0.1) is 0 Å². The molecule has 1 aliphatic rings. The normalized spacial score (nSPS) is 17.8. The molecule has 2 heterocycles. The molecular weight excluding hydrogens is 303 g/mol. The van der Waals surface area contributed by atoms with Gasteiger partial charge in [-0.15, -0.1) is 11.3 Å². The van der Waals surface area contributed by atoms with Crippen LogP contribution in [0.3, 0.4) is 0 Å². The zero-order valence-corrected chi connectivity index (χ0v) is 14.2. The molecule has 6 nitrogen and oxygen atoms in total. The first-order valence-electron chi connectivity index (χ1n) is 5.43. The van der Waals surface area contributed by atoms with Crippen molar-refractivity contribution in [3.63, 3.8) is 0 Å². The summed E-state index contributed by atoms with van der Waals surface area (Å²) in [5, 5.41) is 3.73. The van der Waals surface area contributed by atoms with E-state index in [2.05, 4.69) is 0 Å². The average molecular weight is 318 g/mol. The maximum absolute atomic E-state index is 10.5. The molecule has 104 valence electrons. The van der Waals surface area contributed by atoms with Gasteiger partial charge in [-0.2, -0.15) is 8.42 Å². The number of hydrogen-bond donors (Lipinski definition) is 1. The SMILES string of the molecule is O=S(=O)(O)CCCOCC1COc2cscc2O1.[H-].[Na+]. The van der Waals surface area contributed by atoms with Gasteiger partial charge in [-0.05, 0) is 6.42 Å². The fraction of sp³-hybridized carbons (Fsp3) is 0.600. The molecular formula is C10H15NaO6S2. The molecule has 1 unspecified atom stereocenters. The zero-order chi connectivity index (χ0) is 13.0. The minimum atomic E-state index is -3.90. The van der Waals surface area contributed by atoms with Crippen molar-refractivity contribution in [2.75, 3.05) is 25.6 Å². The Morgan fingerprint density at radius 2 is 2.21 bits per heavy atom. The van der Waals surface area contributed by atoms with Crippen LogP contribution in [0.4, 0.5) is 0 Å². The van der Waals surface area contributed by atoms with E-state index >= 15 is 0 Å². The molecule has 19 heavy (non-hydrogen) atoms. The molecule has 0 saturated heterocycles. The van der Waals surface area contributed by atoms with E-state index < -0.39 is 10.1 Å². The minimum absolute atomic E-state index is 0. The first-order valence-corrected chi connectivity index (χ1v) is 7.98. The molecule has 0 aliphatic carbocycles. The van der Waals surface area contributed by atoms with Crippen LogP contribution >= 0.6 is 11.3 Å². The molecule has 1 aromatic rings. The molecule has 0 saturated carbocycles. The van der Waals surface area contributed by atoms with Crippen molar-refractivity contribution >= 4 is 21.5 Å². The molecule has 2 rings (SSSR count). The van der Waals surface area contributed by atoms with Crippen LogP contribution in [-0.4, -0.2) is 44.6 Å². The Labute approximate surface area is 139 Å². The summed E-state index contributed by atoms with van der Waals surface area (Å²) in [6.07, 6.45) is 0.0775. The first kappa shape index (κ1) is 17.2. The Bertz CT molecular complexity index is 492. The maximum atomic E-state index is 10.5. The van der Waals surface area contributed by atoms with E-state index in [0.717, 1.165) is 11.5 Å². The standard InChI is InChI=1S/C10H14O6S2.Na.H/c11-18(12,13)3-1-2-14-4-8-5-15-9-6-17-7-10(9)16-8;;/h6-8H,1-5H2,(H,11,12,13);;/q;+1;-1. The fourth-order valence-corrected chi connectivity index (χ4v) is 2.66. The molecule has 0 amide bonds. The Hall–Kier alpha value is 0.170. The molecule has 9 heteroatoms. The first-order chi connectivity index (χ1) is 8.54. The van der Waals surface area contributed by atoms with Gasteiger partial charge in [-0.3, -0.25) is 4.55 Å². The molecule has 1 atom stereocenters. The van der Waals surface area contributed by atoms with Crippen molar-refractivity contribution in [3.8, 4) is 11.5 Å². The third-order valence-electron chi connectivity index (χ3n) is 2.31. The average Bonchev–Trinajstić information content (AvgIpc) is 2.74. The van der Waals surface area contributed by atoms with E-state index in [-0.39, 0.29) is 55.9 Å². The fourth-order valence-electron chi connectivity index (χ4n) is 1.50. The Balaban J connectivity index is 0.00000180. The molecule has 0 aromatic carbocycles. The van der Waals surface area contributed by atoms with Gasteiger partial charge in [0.2, 0.25) is 0 Å². The van der Waals surface area contributed by atoms with Crippen LogP contribution in [0.25, 0.3) is 0 Å². The van der Waals surface area contributed by atoms with Gasteiger partial charge < -0.3 is 15.6 Å². The summed E-state index contributed by atoms with van der Waals surface area (Å²) in [6.45, 7) is 1.01. The maximum Gasteiger partial charge on any atom is 1.00 e. The quantitative estimate of drug-likeness (QED) is 0.382. The van der Waals surface area contributed by atoms with Crippen molar-refractivity contribution in [2.24, 2.45) is 0 Å². The smallest absolute Gasteiger partial charge is 1.00 e. The van der Waals surface area contributed by atoms with Gasteiger partial charge in [0.25, 0.3) is 10.1 Å². The van der Waals surface area contributed by atoms with Gasteiger partial charge in [0.05, 0.1) is 12.4 Å². The summed E-state index contributed by atoms with van der Waals surface area (Å²) < 4.78 is 45.8. The monoisotopic (exact) mass is 318 g/mol. The molecule has 0 fully saturated rings. The predicted molar refractivity (Wildman–Crippen MR) is 67.2 cm³/mol. The third-order valence-corrected chi connectivity index (χ3v) is 3.81. The number of hydrogen-bond acceptors (Lipinski definition) is 6.